The summed E-state index contributed by atoms with van der Waals surface area (Å²) in [6, 6.07) is 35.1. The summed E-state index contributed by atoms with van der Waals surface area (Å²) in [6.45, 7) is 24.5. The van der Waals surface area contributed by atoms with Crippen LogP contribution in [0.15, 0.2) is 85.1 Å². The summed E-state index contributed by atoms with van der Waals surface area (Å²) in [6.07, 6.45) is 2.91. The van der Waals surface area contributed by atoms with Gasteiger partial charge in [-0.3, -0.25) is 4.68 Å². The molecule has 7 aromatic rings. The van der Waals surface area contributed by atoms with Gasteiger partial charge in [-0.1, -0.05) is 97.3 Å². The third kappa shape index (κ3) is 7.37. The quantitative estimate of drug-likeness (QED) is 0.119. The molecule has 4 aromatic carbocycles. The van der Waals surface area contributed by atoms with Crippen LogP contribution in [-0.4, -0.2) is 19.3 Å². The molecule has 0 fully saturated rings. The van der Waals surface area contributed by atoms with Gasteiger partial charge in [0.15, 0.2) is 0 Å². The molecular formula is C47H50N4OPd. The first kappa shape index (κ1) is 38.2. The third-order valence-electron chi connectivity index (χ3n) is 9.89. The van der Waals surface area contributed by atoms with Crippen LogP contribution in [0.2, 0.25) is 0 Å². The van der Waals surface area contributed by atoms with Crippen molar-refractivity contribution in [2.24, 2.45) is 5.92 Å². The van der Waals surface area contributed by atoms with Gasteiger partial charge in [-0.05, 0) is 90.1 Å². The Kier molecular flexibility index (Phi) is 10.4. The molecule has 0 saturated carbocycles. The van der Waals surface area contributed by atoms with Crippen LogP contribution in [0.5, 0.6) is 11.5 Å². The number of hydrogen-bond donors (Lipinski definition) is 0. The van der Waals surface area contributed by atoms with Gasteiger partial charge >= 0.3 is 20.4 Å². The van der Waals surface area contributed by atoms with Gasteiger partial charge in [0.25, 0.3) is 0 Å². The van der Waals surface area contributed by atoms with Crippen molar-refractivity contribution in [3.63, 3.8) is 0 Å². The van der Waals surface area contributed by atoms with Crippen LogP contribution < -0.4 is 4.74 Å². The van der Waals surface area contributed by atoms with Crippen molar-refractivity contribution in [3.8, 4) is 34.1 Å². The minimum atomic E-state index is -0.204. The molecule has 0 bridgehead atoms. The number of ether oxygens (including phenoxy) is 1. The molecule has 5 nitrogen and oxygen atoms in total. The SMILES string of the molecule is Cc1cccc(C)c1-c1c(C)nn(-c2[c-]c(Oc3[c-]c4c(cc3)c3ccccc3n4-c3cc(CC(C)C)ccn3)cc(C(C)(C)C)c2)c1C(C)(C)C.[Pd+2]. The molecule has 0 amide bonds. The van der Waals surface area contributed by atoms with E-state index in [1.165, 1.54) is 27.8 Å². The van der Waals surface area contributed by atoms with Crippen molar-refractivity contribution in [1.82, 2.24) is 19.3 Å². The molecule has 0 aliphatic carbocycles. The molecule has 0 unspecified atom stereocenters. The van der Waals surface area contributed by atoms with Gasteiger partial charge in [-0.25, -0.2) is 4.98 Å². The molecule has 0 N–H and O–H groups in total. The van der Waals surface area contributed by atoms with Gasteiger partial charge in [0.2, 0.25) is 0 Å². The minimum Gasteiger partial charge on any atom is -0.509 e. The van der Waals surface area contributed by atoms with E-state index < -0.39 is 0 Å². The second-order valence-corrected chi connectivity index (χ2v) is 16.8. The molecule has 0 atom stereocenters. The smallest absolute Gasteiger partial charge is 0.509 e. The van der Waals surface area contributed by atoms with Crippen molar-refractivity contribution >= 4 is 21.8 Å². The number of benzene rings is 4. The van der Waals surface area contributed by atoms with Crippen LogP contribution in [0.25, 0.3) is 44.4 Å². The van der Waals surface area contributed by atoms with E-state index in [0.29, 0.717) is 17.4 Å². The van der Waals surface area contributed by atoms with E-state index in [2.05, 4.69) is 170 Å². The monoisotopic (exact) mass is 792 g/mol. The Morgan fingerprint density at radius 2 is 1.45 bits per heavy atom. The van der Waals surface area contributed by atoms with Crippen molar-refractivity contribution in [3.05, 3.63) is 131 Å². The van der Waals surface area contributed by atoms with E-state index in [9.17, 15) is 0 Å². The first-order chi connectivity index (χ1) is 24.6. The zero-order valence-electron chi connectivity index (χ0n) is 32.9. The average molecular weight is 793 g/mol. The van der Waals surface area contributed by atoms with Gasteiger partial charge in [0.05, 0.1) is 11.4 Å². The third-order valence-corrected chi connectivity index (χ3v) is 9.89. The van der Waals surface area contributed by atoms with Crippen LogP contribution in [0.4, 0.5) is 0 Å². The second kappa shape index (κ2) is 14.4. The number of para-hydroxylation sites is 1. The Balaban J connectivity index is 0.00000481. The number of rotatable bonds is 7. The largest absolute Gasteiger partial charge is 2.00 e. The Labute approximate surface area is 329 Å². The number of aromatic nitrogens is 4. The fraction of sp³-hybridized carbons (Fsp3) is 0.319. The maximum Gasteiger partial charge on any atom is 2.00 e. The fourth-order valence-corrected chi connectivity index (χ4v) is 7.50. The predicted octanol–water partition coefficient (Wildman–Crippen LogP) is 12.1. The zero-order valence-corrected chi connectivity index (χ0v) is 34.4. The molecule has 0 aliphatic rings. The van der Waals surface area contributed by atoms with Crippen LogP contribution >= 0.6 is 0 Å². The molecule has 0 saturated heterocycles. The number of hydrogen-bond acceptors (Lipinski definition) is 3. The van der Waals surface area contributed by atoms with Crippen molar-refractivity contribution in [2.45, 2.75) is 93.4 Å². The molecule has 0 spiro atoms. The Morgan fingerprint density at radius 3 is 2.13 bits per heavy atom. The Morgan fingerprint density at radius 1 is 0.736 bits per heavy atom. The molecule has 53 heavy (non-hydrogen) atoms. The van der Waals surface area contributed by atoms with E-state index in [1.807, 2.05) is 12.3 Å². The van der Waals surface area contributed by atoms with Crippen molar-refractivity contribution in [2.75, 3.05) is 0 Å². The maximum atomic E-state index is 6.75. The molecule has 0 radical (unpaired) electrons. The molecular weight excluding hydrogens is 743 g/mol. The summed E-state index contributed by atoms with van der Waals surface area (Å²) in [5.41, 5.74) is 12.0. The first-order valence-electron chi connectivity index (χ1n) is 18.4. The number of nitrogens with zero attached hydrogens (tertiary/aromatic N) is 4. The van der Waals surface area contributed by atoms with Crippen LogP contribution in [0.3, 0.4) is 0 Å². The first-order valence-corrected chi connectivity index (χ1v) is 18.4. The molecule has 6 heteroatoms. The van der Waals surface area contributed by atoms with Gasteiger partial charge < -0.3 is 9.30 Å². The summed E-state index contributed by atoms with van der Waals surface area (Å²) in [4.78, 5) is 4.84. The summed E-state index contributed by atoms with van der Waals surface area (Å²) in [5.74, 6) is 2.67. The Hall–Kier alpha value is -4.50. The van der Waals surface area contributed by atoms with Crippen LogP contribution in [0, 0.1) is 38.8 Å². The van der Waals surface area contributed by atoms with E-state index in [4.69, 9.17) is 14.8 Å². The number of aryl methyl sites for hydroxylation is 3. The zero-order chi connectivity index (χ0) is 37.1. The van der Waals surface area contributed by atoms with E-state index >= 15 is 0 Å². The number of fused-ring (bicyclic) bond motifs is 3. The second-order valence-electron chi connectivity index (χ2n) is 16.8. The predicted molar refractivity (Wildman–Crippen MR) is 215 cm³/mol. The van der Waals surface area contributed by atoms with E-state index in [0.717, 1.165) is 56.7 Å². The van der Waals surface area contributed by atoms with Gasteiger partial charge in [-0.15, -0.1) is 41.3 Å². The average Bonchev–Trinajstić information content (AvgIpc) is 3.59. The van der Waals surface area contributed by atoms with Crippen molar-refractivity contribution in [1.29, 1.82) is 0 Å². The molecule has 7 rings (SSSR count). The van der Waals surface area contributed by atoms with Crippen molar-refractivity contribution < 1.29 is 25.2 Å². The van der Waals surface area contributed by atoms with E-state index in [-0.39, 0.29) is 31.3 Å². The van der Waals surface area contributed by atoms with E-state index in [1.54, 1.807) is 0 Å². The topological polar surface area (TPSA) is 44.9 Å². The maximum absolute atomic E-state index is 6.75. The summed E-state index contributed by atoms with van der Waals surface area (Å²) in [5, 5.41) is 7.48. The molecule has 274 valence electrons. The Bertz CT molecular complexity index is 2430. The van der Waals surface area contributed by atoms with Gasteiger partial charge in [-0.2, -0.15) is 11.2 Å². The molecule has 3 heterocycles. The molecule has 3 aromatic heterocycles. The van der Waals surface area contributed by atoms with Gasteiger partial charge in [0, 0.05) is 34.2 Å². The number of pyridine rings is 1. The fourth-order valence-electron chi connectivity index (χ4n) is 7.50. The standard InChI is InChI=1S/C47H50N4O.Pd/c1-29(2)23-33-21-22-48-42(24-33)50-40-18-13-12-17-38(40)39-20-19-36(28-41(39)50)52-37-26-34(46(6,7)8)25-35(27-37)51-45(47(9,10)11)44(32(5)49-51)43-30(3)15-14-16-31(43)4;/h12-22,24-26,29H,23H2,1-11H3;/q-2;+2. The van der Waals surface area contributed by atoms with Gasteiger partial charge in [0.1, 0.15) is 5.82 Å². The summed E-state index contributed by atoms with van der Waals surface area (Å²) >= 11 is 0. The normalized spacial score (nSPS) is 12.2. The minimum absolute atomic E-state index is 0. The molecule has 0 aliphatic heterocycles. The van der Waals surface area contributed by atoms with Crippen LogP contribution in [0.1, 0.15) is 89.0 Å². The summed E-state index contributed by atoms with van der Waals surface area (Å²) in [7, 11) is 0. The van der Waals surface area contributed by atoms with Crippen LogP contribution in [-0.2, 0) is 37.7 Å². The summed E-state index contributed by atoms with van der Waals surface area (Å²) < 4.78 is 11.1.